The lowest BCUT2D eigenvalue weighted by atomic mass is 9.87. The third-order valence-corrected chi connectivity index (χ3v) is 4.77. The molecule has 23 heavy (non-hydrogen) atoms. The van der Waals surface area contributed by atoms with Crippen molar-refractivity contribution in [1.82, 2.24) is 16.0 Å². The van der Waals surface area contributed by atoms with Crippen LogP contribution in [0.15, 0.2) is 16.7 Å². The lowest BCUT2D eigenvalue weighted by molar-refractivity contribution is -0.125. The molecule has 1 aromatic heterocycles. The molecule has 2 aliphatic rings. The van der Waals surface area contributed by atoms with E-state index in [4.69, 9.17) is 4.42 Å². The van der Waals surface area contributed by atoms with Gasteiger partial charge < -0.3 is 15.1 Å². The Morgan fingerprint density at radius 1 is 1.48 bits per heavy atom. The fourth-order valence-corrected chi connectivity index (χ4v) is 3.60. The molecule has 1 saturated carbocycles. The Hall–Kier alpha value is -2.31. The summed E-state index contributed by atoms with van der Waals surface area (Å²) in [6, 6.07) is 1.21. The van der Waals surface area contributed by atoms with Crippen molar-refractivity contribution in [3.8, 4) is 0 Å². The van der Waals surface area contributed by atoms with Crippen LogP contribution in [0.3, 0.4) is 0 Å². The summed E-state index contributed by atoms with van der Waals surface area (Å²) in [5.41, 5.74) is -0.327. The first-order chi connectivity index (χ1) is 11.1. The molecule has 1 aliphatic heterocycles. The number of urea groups is 1. The Morgan fingerprint density at radius 2 is 2.30 bits per heavy atom. The number of hydrogen-bond donors (Lipinski definition) is 3. The van der Waals surface area contributed by atoms with Crippen LogP contribution in [0.1, 0.15) is 48.7 Å². The van der Waals surface area contributed by atoms with E-state index in [9.17, 15) is 14.4 Å². The number of rotatable bonds is 5. The summed E-state index contributed by atoms with van der Waals surface area (Å²) < 4.78 is 5.34. The van der Waals surface area contributed by atoms with Gasteiger partial charge in [-0.1, -0.05) is 13.3 Å². The van der Waals surface area contributed by atoms with Gasteiger partial charge in [0.2, 0.25) is 0 Å². The predicted molar refractivity (Wildman–Crippen MR) is 81.8 cm³/mol. The zero-order valence-corrected chi connectivity index (χ0v) is 13.1. The fourth-order valence-electron chi connectivity index (χ4n) is 3.60. The minimum absolute atomic E-state index is 0.0978. The second-order valence-electron chi connectivity index (χ2n) is 6.19. The van der Waals surface area contributed by atoms with Gasteiger partial charge in [0.15, 0.2) is 0 Å². The molecule has 3 N–H and O–H groups in total. The SMILES string of the molecule is CCCc1occc1C(=O)NC[C@@H]1CCC[C@@]12NC(=O)NC2=O. The van der Waals surface area contributed by atoms with Crippen LogP contribution in [-0.4, -0.2) is 29.9 Å². The van der Waals surface area contributed by atoms with Gasteiger partial charge in [-0.05, 0) is 25.3 Å². The number of aryl methyl sites for hydroxylation is 1. The zero-order chi connectivity index (χ0) is 16.4. The van der Waals surface area contributed by atoms with E-state index < -0.39 is 11.6 Å². The summed E-state index contributed by atoms with van der Waals surface area (Å²) in [5.74, 6) is 0.0979. The van der Waals surface area contributed by atoms with Crippen molar-refractivity contribution in [3.05, 3.63) is 23.7 Å². The quantitative estimate of drug-likeness (QED) is 0.713. The number of imide groups is 1. The van der Waals surface area contributed by atoms with Crippen LogP contribution in [0.4, 0.5) is 4.79 Å². The molecule has 2 heterocycles. The van der Waals surface area contributed by atoms with Crippen LogP contribution >= 0.6 is 0 Å². The lowest BCUT2D eigenvalue weighted by Gasteiger charge is -2.28. The topological polar surface area (TPSA) is 100 Å². The normalized spacial score (nSPS) is 26.4. The van der Waals surface area contributed by atoms with Gasteiger partial charge in [0, 0.05) is 18.9 Å². The van der Waals surface area contributed by atoms with E-state index in [1.165, 1.54) is 6.26 Å². The van der Waals surface area contributed by atoms with Crippen LogP contribution in [0.25, 0.3) is 0 Å². The van der Waals surface area contributed by atoms with Gasteiger partial charge in [-0.25, -0.2) is 4.79 Å². The first-order valence-electron chi connectivity index (χ1n) is 8.05. The highest BCUT2D eigenvalue weighted by Crippen LogP contribution is 2.37. The molecule has 7 heteroatoms. The van der Waals surface area contributed by atoms with Gasteiger partial charge >= 0.3 is 6.03 Å². The molecule has 3 rings (SSSR count). The summed E-state index contributed by atoms with van der Waals surface area (Å²) >= 11 is 0. The molecule has 124 valence electrons. The average molecular weight is 319 g/mol. The Labute approximate surface area is 134 Å². The van der Waals surface area contributed by atoms with Crippen molar-refractivity contribution in [1.29, 1.82) is 0 Å². The van der Waals surface area contributed by atoms with E-state index in [-0.39, 0.29) is 17.7 Å². The molecule has 1 aromatic rings. The summed E-state index contributed by atoms with van der Waals surface area (Å²) in [7, 11) is 0. The molecule has 2 fully saturated rings. The van der Waals surface area contributed by atoms with E-state index in [2.05, 4.69) is 16.0 Å². The highest BCUT2D eigenvalue weighted by Gasteiger charge is 2.54. The summed E-state index contributed by atoms with van der Waals surface area (Å²) in [6.07, 6.45) is 5.37. The van der Waals surface area contributed by atoms with Crippen molar-refractivity contribution >= 4 is 17.8 Å². The van der Waals surface area contributed by atoms with Crippen molar-refractivity contribution in [2.45, 2.75) is 44.6 Å². The standard InChI is InChI=1S/C16H21N3O4/c1-2-4-12-11(6-8-23-12)13(20)17-9-10-5-3-7-16(10)14(21)18-15(22)19-16/h6,8,10H,2-5,7,9H2,1H3,(H,17,20)(H2,18,19,21,22)/t10-,16+/m0/s1. The minimum atomic E-state index is -0.868. The van der Waals surface area contributed by atoms with Gasteiger partial charge in [0.1, 0.15) is 11.3 Å². The maximum absolute atomic E-state index is 12.3. The molecular formula is C16H21N3O4. The molecule has 7 nitrogen and oxygen atoms in total. The molecule has 0 unspecified atom stereocenters. The molecule has 1 aliphatic carbocycles. The Kier molecular flexibility index (Phi) is 4.11. The predicted octanol–water partition coefficient (Wildman–Crippen LogP) is 1.34. The van der Waals surface area contributed by atoms with Crippen LogP contribution in [-0.2, 0) is 11.2 Å². The number of furan rings is 1. The van der Waals surface area contributed by atoms with Gasteiger partial charge in [0.05, 0.1) is 11.8 Å². The minimum Gasteiger partial charge on any atom is -0.469 e. The van der Waals surface area contributed by atoms with Gasteiger partial charge in [0.25, 0.3) is 11.8 Å². The van der Waals surface area contributed by atoms with E-state index in [1.54, 1.807) is 6.07 Å². The first kappa shape index (κ1) is 15.6. The van der Waals surface area contributed by atoms with E-state index in [0.717, 1.165) is 19.3 Å². The molecule has 0 bridgehead atoms. The first-order valence-corrected chi connectivity index (χ1v) is 8.05. The Morgan fingerprint density at radius 3 is 3.00 bits per heavy atom. The van der Waals surface area contributed by atoms with Crippen LogP contribution in [0, 0.1) is 5.92 Å². The zero-order valence-electron chi connectivity index (χ0n) is 13.1. The Bertz CT molecular complexity index is 639. The summed E-state index contributed by atoms with van der Waals surface area (Å²) in [4.78, 5) is 35.9. The largest absolute Gasteiger partial charge is 0.469 e. The number of hydrogen-bond acceptors (Lipinski definition) is 4. The average Bonchev–Trinajstić information content (AvgIpc) is 3.19. The summed E-state index contributed by atoms with van der Waals surface area (Å²) in [5, 5.41) is 7.94. The smallest absolute Gasteiger partial charge is 0.322 e. The molecular weight excluding hydrogens is 298 g/mol. The van der Waals surface area contributed by atoms with E-state index in [1.807, 2.05) is 6.92 Å². The van der Waals surface area contributed by atoms with Crippen LogP contribution in [0.2, 0.25) is 0 Å². The van der Waals surface area contributed by atoms with E-state index in [0.29, 0.717) is 30.7 Å². The van der Waals surface area contributed by atoms with Crippen molar-refractivity contribution in [3.63, 3.8) is 0 Å². The third-order valence-electron chi connectivity index (χ3n) is 4.77. The van der Waals surface area contributed by atoms with Gasteiger partial charge in [-0.2, -0.15) is 0 Å². The maximum atomic E-state index is 12.3. The van der Waals surface area contributed by atoms with Gasteiger partial charge in [-0.15, -0.1) is 0 Å². The van der Waals surface area contributed by atoms with E-state index >= 15 is 0 Å². The molecule has 4 amide bonds. The number of carbonyl (C=O) groups excluding carboxylic acids is 3. The molecule has 0 aromatic carbocycles. The highest BCUT2D eigenvalue weighted by atomic mass is 16.3. The monoisotopic (exact) mass is 319 g/mol. The number of carbonyl (C=O) groups is 3. The number of amides is 4. The number of nitrogens with one attached hydrogen (secondary N) is 3. The molecule has 2 atom stereocenters. The molecule has 1 saturated heterocycles. The third kappa shape index (κ3) is 2.71. The second-order valence-corrected chi connectivity index (χ2v) is 6.19. The lowest BCUT2D eigenvalue weighted by Crippen LogP contribution is -2.53. The van der Waals surface area contributed by atoms with Crippen molar-refractivity contribution in [2.75, 3.05) is 6.54 Å². The summed E-state index contributed by atoms with van der Waals surface area (Å²) in [6.45, 7) is 2.37. The Balaban J connectivity index is 1.66. The van der Waals surface area contributed by atoms with Crippen molar-refractivity contribution in [2.24, 2.45) is 5.92 Å². The fraction of sp³-hybridized carbons (Fsp3) is 0.562. The van der Waals surface area contributed by atoms with Gasteiger partial charge in [-0.3, -0.25) is 14.9 Å². The molecule has 1 spiro atoms. The van der Waals surface area contributed by atoms with Crippen LogP contribution < -0.4 is 16.0 Å². The maximum Gasteiger partial charge on any atom is 0.322 e. The highest BCUT2D eigenvalue weighted by molar-refractivity contribution is 6.07. The van der Waals surface area contributed by atoms with Crippen LogP contribution in [0.5, 0.6) is 0 Å². The second kappa shape index (κ2) is 6.06. The molecule has 0 radical (unpaired) electrons. The van der Waals surface area contributed by atoms with Crippen molar-refractivity contribution < 1.29 is 18.8 Å².